The van der Waals surface area contributed by atoms with E-state index in [0.717, 1.165) is 23.2 Å². The van der Waals surface area contributed by atoms with Crippen molar-refractivity contribution in [3.8, 4) is 0 Å². The van der Waals surface area contributed by atoms with Crippen LogP contribution in [0.25, 0.3) is 0 Å². The molecule has 0 heterocycles. The second-order valence-corrected chi connectivity index (χ2v) is 4.97. The largest absolute Gasteiger partial charge is 0.382 e. The lowest BCUT2D eigenvalue weighted by Crippen LogP contribution is -2.36. The third-order valence-electron chi connectivity index (χ3n) is 2.24. The summed E-state index contributed by atoms with van der Waals surface area (Å²) in [6.07, 6.45) is 0.845. The number of benzene rings is 1. The van der Waals surface area contributed by atoms with Crippen LogP contribution in [0.5, 0.6) is 0 Å². The van der Waals surface area contributed by atoms with Crippen molar-refractivity contribution in [2.75, 3.05) is 25.1 Å². The van der Waals surface area contributed by atoms with Crippen LogP contribution in [0.1, 0.15) is 13.3 Å². The molecule has 1 rings (SSSR count). The standard InChI is InChI=1S/C12H18BrClN4O/c1-2-19-7-3-6-16-12(18-15)17-11-8-9(14)4-5-10(11)13/h4-5,8H,2-3,6-7,15H2,1H3,(H2,16,17,18). The minimum atomic E-state index is 0.486. The van der Waals surface area contributed by atoms with E-state index >= 15 is 0 Å². The van der Waals surface area contributed by atoms with Gasteiger partial charge in [0.05, 0.1) is 5.69 Å². The van der Waals surface area contributed by atoms with Crippen molar-refractivity contribution in [1.29, 1.82) is 0 Å². The fourth-order valence-corrected chi connectivity index (χ4v) is 1.86. The van der Waals surface area contributed by atoms with Gasteiger partial charge in [-0.3, -0.25) is 10.4 Å². The number of halogens is 2. The van der Waals surface area contributed by atoms with Crippen LogP contribution in [0.15, 0.2) is 27.7 Å². The van der Waals surface area contributed by atoms with Gasteiger partial charge in [-0.15, -0.1) is 0 Å². The Hall–Kier alpha value is -0.820. The Morgan fingerprint density at radius 1 is 1.53 bits per heavy atom. The molecule has 7 heteroatoms. The van der Waals surface area contributed by atoms with Crippen molar-refractivity contribution in [3.05, 3.63) is 27.7 Å². The minimum absolute atomic E-state index is 0.486. The van der Waals surface area contributed by atoms with Crippen LogP contribution in [0.3, 0.4) is 0 Å². The lowest BCUT2D eigenvalue weighted by molar-refractivity contribution is 0.146. The highest BCUT2D eigenvalue weighted by molar-refractivity contribution is 9.10. The molecule has 0 aliphatic heterocycles. The normalized spacial score (nSPS) is 11.5. The molecule has 0 atom stereocenters. The zero-order valence-corrected chi connectivity index (χ0v) is 13.1. The van der Waals surface area contributed by atoms with Crippen molar-refractivity contribution < 1.29 is 4.74 Å². The topological polar surface area (TPSA) is 71.7 Å². The van der Waals surface area contributed by atoms with Gasteiger partial charge in [0.25, 0.3) is 0 Å². The fourth-order valence-electron chi connectivity index (χ4n) is 1.34. The zero-order valence-electron chi connectivity index (χ0n) is 10.7. The summed E-state index contributed by atoms with van der Waals surface area (Å²) in [5.74, 6) is 5.91. The molecule has 5 nitrogen and oxygen atoms in total. The van der Waals surface area contributed by atoms with Crippen LogP contribution in [0.2, 0.25) is 5.02 Å². The third kappa shape index (κ3) is 6.24. The molecule has 0 amide bonds. The van der Waals surface area contributed by atoms with Gasteiger partial charge in [0, 0.05) is 29.3 Å². The number of guanidine groups is 1. The maximum absolute atomic E-state index is 5.94. The van der Waals surface area contributed by atoms with Gasteiger partial charge in [0.2, 0.25) is 5.96 Å². The number of nitrogens with zero attached hydrogens (tertiary/aromatic N) is 1. The Bertz CT molecular complexity index is 428. The van der Waals surface area contributed by atoms with E-state index in [1.807, 2.05) is 13.0 Å². The monoisotopic (exact) mass is 348 g/mol. The third-order valence-corrected chi connectivity index (χ3v) is 3.17. The molecule has 0 spiro atoms. The van der Waals surface area contributed by atoms with E-state index in [0.29, 0.717) is 24.1 Å². The second-order valence-electron chi connectivity index (χ2n) is 3.67. The van der Waals surface area contributed by atoms with E-state index in [1.54, 1.807) is 12.1 Å². The Kier molecular flexibility index (Phi) is 7.81. The molecule has 0 unspecified atom stereocenters. The van der Waals surface area contributed by atoms with E-state index in [9.17, 15) is 0 Å². The van der Waals surface area contributed by atoms with Crippen LogP contribution in [-0.2, 0) is 4.74 Å². The first-order valence-corrected chi connectivity index (χ1v) is 7.15. The lowest BCUT2D eigenvalue weighted by atomic mass is 10.3. The molecule has 0 radical (unpaired) electrons. The number of nitrogens with two attached hydrogens (primary N) is 1. The smallest absolute Gasteiger partial charge is 0.210 e. The average molecular weight is 350 g/mol. The predicted octanol–water partition coefficient (Wildman–Crippen LogP) is 2.76. The molecule has 0 aliphatic carbocycles. The van der Waals surface area contributed by atoms with Gasteiger partial charge in [0.1, 0.15) is 0 Å². The highest BCUT2D eigenvalue weighted by Crippen LogP contribution is 2.25. The van der Waals surface area contributed by atoms with Gasteiger partial charge in [-0.2, -0.15) is 0 Å². The van der Waals surface area contributed by atoms with E-state index in [1.165, 1.54) is 0 Å². The number of anilines is 1. The summed E-state index contributed by atoms with van der Waals surface area (Å²) in [4.78, 5) is 4.31. The van der Waals surface area contributed by atoms with Gasteiger partial charge < -0.3 is 10.1 Å². The summed E-state index contributed by atoms with van der Waals surface area (Å²) in [5.41, 5.74) is 3.32. The van der Waals surface area contributed by atoms with Crippen LogP contribution in [0.4, 0.5) is 5.69 Å². The Balaban J connectivity index is 2.55. The van der Waals surface area contributed by atoms with E-state index < -0.39 is 0 Å². The number of hydrogen-bond donors (Lipinski definition) is 3. The fraction of sp³-hybridized carbons (Fsp3) is 0.417. The molecule has 4 N–H and O–H groups in total. The van der Waals surface area contributed by atoms with Crippen LogP contribution < -0.4 is 16.6 Å². The van der Waals surface area contributed by atoms with Crippen molar-refractivity contribution >= 4 is 39.2 Å². The van der Waals surface area contributed by atoms with Crippen molar-refractivity contribution in [2.24, 2.45) is 10.8 Å². The Labute approximate surface area is 126 Å². The number of hydrazine groups is 1. The molecule has 106 valence electrons. The van der Waals surface area contributed by atoms with Crippen molar-refractivity contribution in [1.82, 2.24) is 5.43 Å². The Morgan fingerprint density at radius 3 is 3.00 bits per heavy atom. The second kappa shape index (κ2) is 9.14. The van der Waals surface area contributed by atoms with Gasteiger partial charge in [0.15, 0.2) is 0 Å². The molecule has 0 fully saturated rings. The lowest BCUT2D eigenvalue weighted by Gasteiger charge is -2.11. The molecular weight excluding hydrogens is 332 g/mol. The van der Waals surface area contributed by atoms with E-state index in [-0.39, 0.29) is 0 Å². The zero-order chi connectivity index (χ0) is 14.1. The molecule has 0 aliphatic rings. The van der Waals surface area contributed by atoms with Gasteiger partial charge in [-0.05, 0) is 47.5 Å². The summed E-state index contributed by atoms with van der Waals surface area (Å²) >= 11 is 9.36. The summed E-state index contributed by atoms with van der Waals surface area (Å²) < 4.78 is 6.12. The van der Waals surface area contributed by atoms with Crippen LogP contribution in [0, 0.1) is 0 Å². The molecule has 1 aromatic carbocycles. The van der Waals surface area contributed by atoms with Crippen molar-refractivity contribution in [2.45, 2.75) is 13.3 Å². The molecule has 19 heavy (non-hydrogen) atoms. The van der Waals surface area contributed by atoms with E-state index in [4.69, 9.17) is 22.2 Å². The molecule has 0 saturated carbocycles. The number of rotatable bonds is 6. The Morgan fingerprint density at radius 2 is 2.32 bits per heavy atom. The van der Waals surface area contributed by atoms with E-state index in [2.05, 4.69) is 31.7 Å². The number of hydrogen-bond acceptors (Lipinski definition) is 3. The van der Waals surface area contributed by atoms with Crippen LogP contribution >= 0.6 is 27.5 Å². The summed E-state index contributed by atoms with van der Waals surface area (Å²) in [5, 5.41) is 3.71. The van der Waals surface area contributed by atoms with Crippen LogP contribution in [-0.4, -0.2) is 25.7 Å². The maximum atomic E-state index is 5.94. The maximum Gasteiger partial charge on any atom is 0.210 e. The van der Waals surface area contributed by atoms with Gasteiger partial charge in [-0.25, -0.2) is 5.84 Å². The highest BCUT2D eigenvalue weighted by atomic mass is 79.9. The predicted molar refractivity (Wildman–Crippen MR) is 83.5 cm³/mol. The summed E-state index contributed by atoms with van der Waals surface area (Å²) in [6, 6.07) is 5.44. The summed E-state index contributed by atoms with van der Waals surface area (Å²) in [6.45, 7) is 4.01. The highest BCUT2D eigenvalue weighted by Gasteiger charge is 2.03. The molecule has 0 bridgehead atoms. The molecule has 0 saturated heterocycles. The minimum Gasteiger partial charge on any atom is -0.382 e. The molecule has 0 aromatic heterocycles. The first-order valence-electron chi connectivity index (χ1n) is 5.98. The first-order chi connectivity index (χ1) is 9.17. The molecule has 1 aromatic rings. The number of ether oxygens (including phenoxy) is 1. The van der Waals surface area contributed by atoms with Gasteiger partial charge in [-0.1, -0.05) is 11.6 Å². The van der Waals surface area contributed by atoms with Gasteiger partial charge >= 0.3 is 0 Å². The SMILES string of the molecule is CCOCCCN=C(NN)Nc1cc(Cl)ccc1Br. The first kappa shape index (κ1) is 16.2. The summed E-state index contributed by atoms with van der Waals surface area (Å²) in [7, 11) is 0. The number of aliphatic imine (C=N–C) groups is 1. The van der Waals surface area contributed by atoms with Crippen molar-refractivity contribution in [3.63, 3.8) is 0 Å². The molecular formula is C12H18BrClN4O. The average Bonchev–Trinajstić information content (AvgIpc) is 2.41. The quantitative estimate of drug-likeness (QED) is 0.243. The number of nitrogens with one attached hydrogen (secondary N) is 2.